The highest BCUT2D eigenvalue weighted by molar-refractivity contribution is 6.03. The topological polar surface area (TPSA) is 96.0 Å². The number of aryl methyl sites for hydroxylation is 1. The largest absolute Gasteiger partial charge is 0.354 e. The minimum absolute atomic E-state index is 0.141. The van der Waals surface area contributed by atoms with Gasteiger partial charge >= 0.3 is 0 Å². The van der Waals surface area contributed by atoms with Crippen molar-refractivity contribution in [2.24, 2.45) is 0 Å². The summed E-state index contributed by atoms with van der Waals surface area (Å²) in [5.74, 6) is 0.0198. The van der Waals surface area contributed by atoms with Crippen LogP contribution < -0.4 is 16.0 Å². The second-order valence-electron chi connectivity index (χ2n) is 7.22. The Morgan fingerprint density at radius 1 is 1.03 bits per heavy atom. The van der Waals surface area contributed by atoms with Gasteiger partial charge in [-0.15, -0.1) is 0 Å². The van der Waals surface area contributed by atoms with E-state index in [1.165, 1.54) is 38.2 Å². The van der Waals surface area contributed by atoms with Crippen molar-refractivity contribution in [1.82, 2.24) is 9.97 Å². The van der Waals surface area contributed by atoms with E-state index in [1.807, 2.05) is 6.92 Å². The number of benzene rings is 1. The lowest BCUT2D eigenvalue weighted by molar-refractivity contribution is -0.114. The number of carbonyl (C=O) groups is 2. The normalized spacial score (nSPS) is 13.4. The zero-order valence-corrected chi connectivity index (χ0v) is 16.9. The lowest BCUT2D eigenvalue weighted by Gasteiger charge is -2.13. The molecule has 7 heteroatoms. The molecule has 0 bridgehead atoms. The second-order valence-corrected chi connectivity index (χ2v) is 7.22. The van der Waals surface area contributed by atoms with Crippen LogP contribution in [-0.2, 0) is 4.79 Å². The van der Waals surface area contributed by atoms with E-state index < -0.39 is 0 Å². The second kappa shape index (κ2) is 9.82. The first-order valence-corrected chi connectivity index (χ1v) is 9.96. The number of hydrogen-bond donors (Lipinski definition) is 3. The molecule has 2 amide bonds. The summed E-state index contributed by atoms with van der Waals surface area (Å²) in [4.78, 5) is 32.4. The van der Waals surface area contributed by atoms with Crippen molar-refractivity contribution in [3.63, 3.8) is 0 Å². The molecule has 0 radical (unpaired) electrons. The minimum atomic E-state index is -0.305. The molecule has 0 saturated carbocycles. The zero-order valence-electron chi connectivity index (χ0n) is 16.9. The first-order valence-electron chi connectivity index (χ1n) is 9.96. The predicted molar refractivity (Wildman–Crippen MR) is 115 cm³/mol. The predicted octanol–water partition coefficient (Wildman–Crippen LogP) is 4.30. The standard InChI is InChI=1S/C22H27N5O2/c1-15-14-20(21(29)26-19-10-8-18(9-11-19)25-16(2)28)27-22(24-15)23-13-12-17-6-4-3-5-7-17/h6,8-11,14H,3-5,7,12-13H2,1-2H3,(H,25,28)(H,26,29)(H,23,24,27). The fourth-order valence-electron chi connectivity index (χ4n) is 3.27. The van der Waals surface area contributed by atoms with Crippen LogP contribution in [0.25, 0.3) is 0 Å². The van der Waals surface area contributed by atoms with E-state index in [2.05, 4.69) is 32.0 Å². The van der Waals surface area contributed by atoms with Gasteiger partial charge in [-0.2, -0.15) is 0 Å². The molecule has 7 nitrogen and oxygen atoms in total. The van der Waals surface area contributed by atoms with Gasteiger partial charge in [0.05, 0.1) is 0 Å². The van der Waals surface area contributed by atoms with Gasteiger partial charge in [-0.1, -0.05) is 11.6 Å². The Hall–Kier alpha value is -3.22. The molecule has 0 fully saturated rings. The number of carbonyl (C=O) groups excluding carboxylic acids is 2. The van der Waals surface area contributed by atoms with Gasteiger partial charge < -0.3 is 16.0 Å². The van der Waals surface area contributed by atoms with Gasteiger partial charge in [-0.3, -0.25) is 9.59 Å². The van der Waals surface area contributed by atoms with Gasteiger partial charge in [-0.25, -0.2) is 9.97 Å². The molecular weight excluding hydrogens is 366 g/mol. The van der Waals surface area contributed by atoms with Crippen molar-refractivity contribution in [2.75, 3.05) is 22.5 Å². The minimum Gasteiger partial charge on any atom is -0.354 e. The molecule has 1 aliphatic carbocycles. The Labute approximate surface area is 171 Å². The summed E-state index contributed by atoms with van der Waals surface area (Å²) in [5, 5.41) is 8.75. The number of rotatable bonds is 7. The van der Waals surface area contributed by atoms with Crippen LogP contribution in [0.15, 0.2) is 42.0 Å². The molecule has 3 N–H and O–H groups in total. The number of hydrogen-bond acceptors (Lipinski definition) is 5. The number of amides is 2. The third kappa shape index (κ3) is 6.41. The molecule has 1 aromatic carbocycles. The fraction of sp³-hybridized carbons (Fsp3) is 0.364. The van der Waals surface area contributed by atoms with E-state index >= 15 is 0 Å². The molecule has 29 heavy (non-hydrogen) atoms. The number of nitrogens with one attached hydrogen (secondary N) is 3. The zero-order chi connectivity index (χ0) is 20.6. The maximum absolute atomic E-state index is 12.6. The molecule has 3 rings (SSSR count). The van der Waals surface area contributed by atoms with Gasteiger partial charge in [0.2, 0.25) is 11.9 Å². The highest BCUT2D eigenvalue weighted by atomic mass is 16.2. The van der Waals surface area contributed by atoms with Gasteiger partial charge in [-0.05, 0) is 69.4 Å². The Morgan fingerprint density at radius 3 is 2.41 bits per heavy atom. The SMILES string of the molecule is CC(=O)Nc1ccc(NC(=O)c2cc(C)nc(NCCC3=CCCCC3)n2)cc1. The quantitative estimate of drug-likeness (QED) is 0.610. The molecule has 1 heterocycles. The molecule has 1 aromatic heterocycles. The van der Waals surface area contributed by atoms with E-state index in [-0.39, 0.29) is 11.8 Å². The van der Waals surface area contributed by atoms with Crippen molar-refractivity contribution in [1.29, 1.82) is 0 Å². The average molecular weight is 393 g/mol. The molecule has 0 unspecified atom stereocenters. The molecule has 152 valence electrons. The number of anilines is 3. The Bertz CT molecular complexity index is 906. The highest BCUT2D eigenvalue weighted by Crippen LogP contribution is 2.20. The lowest BCUT2D eigenvalue weighted by atomic mass is 9.97. The molecule has 0 saturated heterocycles. The Kier molecular flexibility index (Phi) is 6.94. The monoisotopic (exact) mass is 393 g/mol. The van der Waals surface area contributed by atoms with E-state index in [0.29, 0.717) is 23.0 Å². The fourth-order valence-corrected chi connectivity index (χ4v) is 3.27. The summed E-state index contributed by atoms with van der Waals surface area (Å²) < 4.78 is 0. The van der Waals surface area contributed by atoms with Gasteiger partial charge in [0, 0.05) is 30.5 Å². The van der Waals surface area contributed by atoms with E-state index in [9.17, 15) is 9.59 Å². The van der Waals surface area contributed by atoms with Crippen LogP contribution >= 0.6 is 0 Å². The maximum Gasteiger partial charge on any atom is 0.274 e. The van der Waals surface area contributed by atoms with Crippen LogP contribution in [0.1, 0.15) is 55.2 Å². The number of allylic oxidation sites excluding steroid dienone is 1. The number of nitrogens with zero attached hydrogens (tertiary/aromatic N) is 2. The van der Waals surface area contributed by atoms with Gasteiger partial charge in [0.1, 0.15) is 5.69 Å². The first kappa shape index (κ1) is 20.5. The third-order valence-electron chi connectivity index (χ3n) is 4.66. The lowest BCUT2D eigenvalue weighted by Crippen LogP contribution is -2.16. The molecule has 0 aliphatic heterocycles. The van der Waals surface area contributed by atoms with E-state index in [0.717, 1.165) is 18.7 Å². The summed E-state index contributed by atoms with van der Waals surface area (Å²) in [6.45, 7) is 4.04. The van der Waals surface area contributed by atoms with Gasteiger partial charge in [0.15, 0.2) is 0 Å². The van der Waals surface area contributed by atoms with Crippen LogP contribution in [0.4, 0.5) is 17.3 Å². The molecular formula is C22H27N5O2. The highest BCUT2D eigenvalue weighted by Gasteiger charge is 2.12. The van der Waals surface area contributed by atoms with Crippen molar-refractivity contribution in [3.05, 3.63) is 53.4 Å². The van der Waals surface area contributed by atoms with E-state index in [4.69, 9.17) is 0 Å². The summed E-state index contributed by atoms with van der Waals surface area (Å²) in [7, 11) is 0. The van der Waals surface area contributed by atoms with Gasteiger partial charge in [0.25, 0.3) is 5.91 Å². The van der Waals surface area contributed by atoms with Crippen LogP contribution in [0.3, 0.4) is 0 Å². The van der Waals surface area contributed by atoms with E-state index in [1.54, 1.807) is 30.3 Å². The van der Waals surface area contributed by atoms with Crippen LogP contribution in [0.2, 0.25) is 0 Å². The first-order chi connectivity index (χ1) is 14.0. The van der Waals surface area contributed by atoms with Crippen LogP contribution in [0.5, 0.6) is 0 Å². The summed E-state index contributed by atoms with van der Waals surface area (Å²) in [6, 6.07) is 8.59. The number of aromatic nitrogens is 2. The molecule has 0 atom stereocenters. The Balaban J connectivity index is 1.59. The summed E-state index contributed by atoms with van der Waals surface area (Å²) in [6.07, 6.45) is 8.20. The molecule has 1 aliphatic rings. The summed E-state index contributed by atoms with van der Waals surface area (Å²) >= 11 is 0. The third-order valence-corrected chi connectivity index (χ3v) is 4.66. The maximum atomic E-state index is 12.6. The molecule has 0 spiro atoms. The van der Waals surface area contributed by atoms with Crippen molar-refractivity contribution in [3.8, 4) is 0 Å². The van der Waals surface area contributed by atoms with Crippen molar-refractivity contribution in [2.45, 2.75) is 46.0 Å². The summed E-state index contributed by atoms with van der Waals surface area (Å²) in [5.41, 5.74) is 3.82. The molecule has 2 aromatic rings. The van der Waals surface area contributed by atoms with Crippen molar-refractivity contribution >= 4 is 29.1 Å². The smallest absolute Gasteiger partial charge is 0.274 e. The average Bonchev–Trinajstić information content (AvgIpc) is 2.69. The van der Waals surface area contributed by atoms with Crippen LogP contribution in [0, 0.1) is 6.92 Å². The van der Waals surface area contributed by atoms with Crippen molar-refractivity contribution < 1.29 is 9.59 Å². The Morgan fingerprint density at radius 2 is 1.76 bits per heavy atom. The van der Waals surface area contributed by atoms with Crippen LogP contribution in [-0.4, -0.2) is 28.3 Å².